The number of aliphatic hydroxyl groups is 1. The first-order valence-electron chi connectivity index (χ1n) is 14.7. The zero-order valence-corrected chi connectivity index (χ0v) is 23.6. The fraction of sp³-hybridized carbons (Fsp3) is 0.906. The van der Waals surface area contributed by atoms with Crippen LogP contribution in [0.15, 0.2) is 12.2 Å². The van der Waals surface area contributed by atoms with Gasteiger partial charge in [0.15, 0.2) is 0 Å². The van der Waals surface area contributed by atoms with E-state index in [1.165, 1.54) is 32.1 Å². The van der Waals surface area contributed by atoms with Crippen LogP contribution in [0.4, 0.5) is 0 Å². The second-order valence-electron chi connectivity index (χ2n) is 15.7. The monoisotopic (exact) mass is 482 g/mol. The summed E-state index contributed by atoms with van der Waals surface area (Å²) in [6.45, 7) is 18.9. The van der Waals surface area contributed by atoms with Crippen LogP contribution in [0.1, 0.15) is 107 Å². The molecule has 0 aromatic heterocycles. The fourth-order valence-corrected chi connectivity index (χ4v) is 12.6. The first-order valence-corrected chi connectivity index (χ1v) is 14.7. The number of carbonyl (C=O) groups is 1. The van der Waals surface area contributed by atoms with Crippen LogP contribution in [-0.4, -0.2) is 23.3 Å². The van der Waals surface area contributed by atoms with Crippen molar-refractivity contribution in [2.45, 2.75) is 119 Å². The molecule has 1 unspecified atom stereocenters. The minimum absolute atomic E-state index is 0.0127. The second kappa shape index (κ2) is 6.97. The molecule has 6 aliphatic carbocycles. The van der Waals surface area contributed by atoms with Crippen molar-refractivity contribution in [1.82, 2.24) is 0 Å². The molecule has 5 saturated carbocycles. The summed E-state index contributed by atoms with van der Waals surface area (Å²) in [6, 6.07) is 0. The van der Waals surface area contributed by atoms with Crippen LogP contribution in [0.2, 0.25) is 0 Å². The summed E-state index contributed by atoms with van der Waals surface area (Å²) in [5.74, 6) is 3.06. The van der Waals surface area contributed by atoms with Crippen LogP contribution in [0, 0.1) is 62.1 Å². The molecule has 12 atom stereocenters. The van der Waals surface area contributed by atoms with Crippen molar-refractivity contribution >= 4 is 5.97 Å². The highest BCUT2D eigenvalue weighted by molar-refractivity contribution is 5.66. The molecule has 0 aromatic carbocycles. The minimum Gasteiger partial charge on any atom is -0.462 e. The third kappa shape index (κ3) is 2.66. The quantitative estimate of drug-likeness (QED) is 0.318. The summed E-state index contributed by atoms with van der Waals surface area (Å²) in [6.07, 6.45) is 14.4. The Labute approximate surface area is 213 Å². The van der Waals surface area contributed by atoms with Gasteiger partial charge in [0, 0.05) is 23.2 Å². The number of esters is 1. The van der Waals surface area contributed by atoms with Gasteiger partial charge in [0.25, 0.3) is 0 Å². The number of fused-ring (bicyclic) bond motifs is 4. The van der Waals surface area contributed by atoms with Gasteiger partial charge < -0.3 is 9.84 Å². The largest absolute Gasteiger partial charge is 0.462 e. The number of hydrogen-bond donors (Lipinski definition) is 1. The van der Waals surface area contributed by atoms with Gasteiger partial charge in [-0.25, -0.2) is 0 Å². The Bertz CT molecular complexity index is 968. The third-order valence-corrected chi connectivity index (χ3v) is 14.1. The van der Waals surface area contributed by atoms with Gasteiger partial charge in [0.2, 0.25) is 0 Å². The predicted molar refractivity (Wildman–Crippen MR) is 139 cm³/mol. The lowest BCUT2D eigenvalue weighted by atomic mass is 9.36. The zero-order chi connectivity index (χ0) is 25.4. The highest BCUT2D eigenvalue weighted by Crippen LogP contribution is 2.89. The summed E-state index contributed by atoms with van der Waals surface area (Å²) in [7, 11) is 0. The maximum absolute atomic E-state index is 12.1. The Morgan fingerprint density at radius 1 is 1.00 bits per heavy atom. The molecule has 0 saturated heterocycles. The molecule has 0 radical (unpaired) electrons. The molecule has 0 spiro atoms. The van der Waals surface area contributed by atoms with Crippen LogP contribution in [-0.2, 0) is 9.53 Å². The molecule has 0 amide bonds. The van der Waals surface area contributed by atoms with E-state index in [-0.39, 0.29) is 50.7 Å². The summed E-state index contributed by atoms with van der Waals surface area (Å²) in [5, 5.41) is 12.1. The molecule has 0 bridgehead atoms. The Balaban J connectivity index is 1.43. The van der Waals surface area contributed by atoms with Crippen molar-refractivity contribution < 1.29 is 14.6 Å². The van der Waals surface area contributed by atoms with Crippen LogP contribution < -0.4 is 0 Å². The lowest BCUT2D eigenvalue weighted by Crippen LogP contribution is -2.65. The summed E-state index contributed by atoms with van der Waals surface area (Å²) >= 11 is 0. The molecular formula is C32H50O3. The van der Waals surface area contributed by atoms with Crippen molar-refractivity contribution in [1.29, 1.82) is 0 Å². The van der Waals surface area contributed by atoms with Crippen molar-refractivity contribution in [2.24, 2.45) is 62.1 Å². The molecule has 35 heavy (non-hydrogen) atoms. The highest BCUT2D eigenvalue weighted by Gasteiger charge is 2.86. The Morgan fingerprint density at radius 3 is 2.40 bits per heavy atom. The number of aliphatic hydroxyl groups excluding tert-OH is 1. The van der Waals surface area contributed by atoms with Gasteiger partial charge in [-0.2, -0.15) is 0 Å². The van der Waals surface area contributed by atoms with Gasteiger partial charge in [-0.05, 0) is 97.2 Å². The Hall–Kier alpha value is -0.830. The van der Waals surface area contributed by atoms with E-state index < -0.39 is 0 Å². The Kier molecular flexibility index (Phi) is 4.88. The number of allylic oxidation sites excluding steroid dienone is 2. The average Bonchev–Trinajstić information content (AvgIpc) is 3.46. The fourth-order valence-electron chi connectivity index (χ4n) is 12.6. The van der Waals surface area contributed by atoms with Crippen LogP contribution in [0.25, 0.3) is 0 Å². The molecule has 0 heterocycles. The Morgan fingerprint density at radius 2 is 1.71 bits per heavy atom. The SMILES string of the molecule is CC(=O)O[C@H]1CC[C@]2(C)C3C=C[C@]45C[C@]4([C@@H](O)C[C@@]4(C)CC[C@@H](C)[C@H](C)[C@H]45)[C@]3(C)CC[C@H]2C1(C)C. The van der Waals surface area contributed by atoms with E-state index in [1.807, 2.05) is 0 Å². The molecule has 1 N–H and O–H groups in total. The van der Waals surface area contributed by atoms with E-state index in [2.05, 4.69) is 60.6 Å². The van der Waals surface area contributed by atoms with E-state index in [0.29, 0.717) is 17.8 Å². The number of hydrogen-bond acceptors (Lipinski definition) is 3. The summed E-state index contributed by atoms with van der Waals surface area (Å²) in [5.41, 5.74) is 0.786. The minimum atomic E-state index is -0.188. The standard InChI is InChI=1S/C32H50O3/c1-19-9-13-28(6)17-24(34)32-18-31(32,26(28)20(19)2)16-11-23-29(7)14-12-25(35-21(3)33)27(4,5)22(29)10-15-30(23,32)8/h11,16,19-20,22-26,34H,9-10,12-15,17-18H2,1-8H3/t19-,20+,22+,23?,24+,25+,26-,28-,29+,30-,31-,32+/m1/s1. The van der Waals surface area contributed by atoms with Crippen molar-refractivity contribution in [3.63, 3.8) is 0 Å². The molecule has 6 aliphatic rings. The van der Waals surface area contributed by atoms with Crippen LogP contribution in [0.5, 0.6) is 0 Å². The van der Waals surface area contributed by atoms with E-state index in [1.54, 1.807) is 6.92 Å². The zero-order valence-electron chi connectivity index (χ0n) is 23.6. The lowest BCUT2D eigenvalue weighted by molar-refractivity contribution is -0.220. The maximum atomic E-state index is 12.1. The van der Waals surface area contributed by atoms with Crippen molar-refractivity contribution in [2.75, 3.05) is 0 Å². The van der Waals surface area contributed by atoms with E-state index in [9.17, 15) is 9.90 Å². The van der Waals surface area contributed by atoms with Gasteiger partial charge in [0.1, 0.15) is 6.10 Å². The van der Waals surface area contributed by atoms with Gasteiger partial charge in [-0.15, -0.1) is 0 Å². The van der Waals surface area contributed by atoms with E-state index in [4.69, 9.17) is 4.74 Å². The van der Waals surface area contributed by atoms with Gasteiger partial charge in [0.05, 0.1) is 6.10 Å². The topological polar surface area (TPSA) is 46.5 Å². The number of ether oxygens (including phenoxy) is 1. The highest BCUT2D eigenvalue weighted by atomic mass is 16.5. The molecule has 0 aromatic rings. The van der Waals surface area contributed by atoms with E-state index >= 15 is 0 Å². The van der Waals surface area contributed by atoms with Crippen LogP contribution >= 0.6 is 0 Å². The third-order valence-electron chi connectivity index (χ3n) is 14.1. The molecule has 0 aliphatic heterocycles. The number of carbonyl (C=O) groups excluding carboxylic acids is 1. The van der Waals surface area contributed by atoms with Gasteiger partial charge in [-0.3, -0.25) is 4.79 Å². The molecule has 3 nitrogen and oxygen atoms in total. The maximum Gasteiger partial charge on any atom is 0.302 e. The van der Waals surface area contributed by atoms with Crippen LogP contribution in [0.3, 0.4) is 0 Å². The predicted octanol–water partition coefficient (Wildman–Crippen LogP) is 7.18. The summed E-state index contributed by atoms with van der Waals surface area (Å²) in [4.78, 5) is 11.9. The molecular weight excluding hydrogens is 432 g/mol. The molecule has 3 heteroatoms. The second-order valence-corrected chi connectivity index (χ2v) is 15.7. The van der Waals surface area contributed by atoms with Crippen molar-refractivity contribution in [3.8, 4) is 0 Å². The molecule has 196 valence electrons. The smallest absolute Gasteiger partial charge is 0.302 e. The van der Waals surface area contributed by atoms with Gasteiger partial charge >= 0.3 is 5.97 Å². The summed E-state index contributed by atoms with van der Waals surface area (Å²) < 4.78 is 5.89. The lowest BCUT2D eigenvalue weighted by Gasteiger charge is -2.69. The van der Waals surface area contributed by atoms with Crippen molar-refractivity contribution in [3.05, 3.63) is 12.2 Å². The van der Waals surface area contributed by atoms with E-state index in [0.717, 1.165) is 31.1 Å². The normalized spacial score (nSPS) is 59.7. The first kappa shape index (κ1) is 24.5. The molecule has 5 fully saturated rings. The first-order chi connectivity index (χ1) is 16.2. The number of rotatable bonds is 1. The average molecular weight is 483 g/mol. The molecule has 6 rings (SSSR count). The van der Waals surface area contributed by atoms with Gasteiger partial charge in [-0.1, -0.05) is 60.6 Å².